The van der Waals surface area contributed by atoms with Gasteiger partial charge in [-0.25, -0.2) is 0 Å². The lowest BCUT2D eigenvalue weighted by molar-refractivity contribution is 0.168. The second-order valence-corrected chi connectivity index (χ2v) is 8.38. The minimum atomic E-state index is 0.264. The van der Waals surface area contributed by atoms with Crippen molar-refractivity contribution in [2.24, 2.45) is 17.3 Å². The Morgan fingerprint density at radius 3 is 1.76 bits per heavy atom. The minimum Gasteiger partial charge on any atom is -0.309 e. The SMILES string of the molecule is CC1CC(C)CC(NC(C)(C)CC(C)(C)C)C1. The fourth-order valence-corrected chi connectivity index (χ4v) is 3.99. The molecule has 1 fully saturated rings. The van der Waals surface area contributed by atoms with Gasteiger partial charge in [-0.15, -0.1) is 0 Å². The average Bonchev–Trinajstić information content (AvgIpc) is 1.93. The number of hydrogen-bond acceptors (Lipinski definition) is 1. The molecule has 0 aromatic carbocycles. The van der Waals surface area contributed by atoms with Crippen molar-refractivity contribution in [2.45, 2.75) is 85.7 Å². The summed E-state index contributed by atoms with van der Waals surface area (Å²) < 4.78 is 0. The van der Waals surface area contributed by atoms with Crippen LogP contribution in [0.3, 0.4) is 0 Å². The summed E-state index contributed by atoms with van der Waals surface area (Å²) in [6.45, 7) is 16.5. The van der Waals surface area contributed by atoms with Gasteiger partial charge in [0.15, 0.2) is 0 Å². The van der Waals surface area contributed by atoms with E-state index in [0.717, 1.165) is 17.9 Å². The van der Waals surface area contributed by atoms with Crippen LogP contribution in [0.1, 0.15) is 74.1 Å². The van der Waals surface area contributed by atoms with Crippen molar-refractivity contribution >= 4 is 0 Å². The summed E-state index contributed by atoms with van der Waals surface area (Å²) in [5.41, 5.74) is 0.669. The molecule has 0 bridgehead atoms. The monoisotopic (exact) mass is 239 g/mol. The summed E-state index contributed by atoms with van der Waals surface area (Å²) in [5.74, 6) is 1.78. The summed E-state index contributed by atoms with van der Waals surface area (Å²) in [5, 5.41) is 3.91. The van der Waals surface area contributed by atoms with Crippen LogP contribution in [0.5, 0.6) is 0 Å². The molecule has 0 radical (unpaired) electrons. The molecule has 2 unspecified atom stereocenters. The molecule has 17 heavy (non-hydrogen) atoms. The van der Waals surface area contributed by atoms with E-state index < -0.39 is 0 Å². The van der Waals surface area contributed by atoms with E-state index in [0.29, 0.717) is 5.41 Å². The van der Waals surface area contributed by atoms with E-state index in [1.54, 1.807) is 0 Å². The van der Waals surface area contributed by atoms with Crippen molar-refractivity contribution in [2.75, 3.05) is 0 Å². The molecule has 0 heterocycles. The number of rotatable bonds is 3. The average molecular weight is 239 g/mol. The quantitative estimate of drug-likeness (QED) is 0.758. The third-order valence-electron chi connectivity index (χ3n) is 3.75. The Morgan fingerprint density at radius 1 is 0.882 bits per heavy atom. The van der Waals surface area contributed by atoms with Crippen LogP contribution in [0.15, 0.2) is 0 Å². The molecule has 1 aliphatic rings. The molecular formula is C16H33N. The molecule has 0 aliphatic heterocycles. The largest absolute Gasteiger partial charge is 0.309 e. The highest BCUT2D eigenvalue weighted by Gasteiger charge is 2.31. The summed E-state index contributed by atoms with van der Waals surface area (Å²) in [7, 11) is 0. The van der Waals surface area contributed by atoms with Gasteiger partial charge in [0.1, 0.15) is 0 Å². The first-order valence-corrected chi connectivity index (χ1v) is 7.35. The third-order valence-corrected chi connectivity index (χ3v) is 3.75. The Kier molecular flexibility index (Phi) is 4.68. The highest BCUT2D eigenvalue weighted by atomic mass is 15.0. The smallest absolute Gasteiger partial charge is 0.0132 e. The van der Waals surface area contributed by atoms with Crippen molar-refractivity contribution in [1.82, 2.24) is 5.32 Å². The van der Waals surface area contributed by atoms with Gasteiger partial charge in [0.25, 0.3) is 0 Å². The van der Waals surface area contributed by atoms with E-state index >= 15 is 0 Å². The molecule has 0 amide bonds. The molecule has 0 aromatic rings. The molecule has 1 heteroatoms. The van der Waals surface area contributed by atoms with Crippen molar-refractivity contribution in [1.29, 1.82) is 0 Å². The highest BCUT2D eigenvalue weighted by Crippen LogP contribution is 2.32. The third kappa shape index (κ3) is 5.90. The van der Waals surface area contributed by atoms with Crippen LogP contribution < -0.4 is 5.32 Å². The lowest BCUT2D eigenvalue weighted by Gasteiger charge is -2.40. The number of hydrogen-bond donors (Lipinski definition) is 1. The van der Waals surface area contributed by atoms with Crippen LogP contribution in [-0.2, 0) is 0 Å². The van der Waals surface area contributed by atoms with Gasteiger partial charge < -0.3 is 5.32 Å². The molecule has 1 N–H and O–H groups in total. The van der Waals surface area contributed by atoms with Crippen molar-refractivity contribution in [3.63, 3.8) is 0 Å². The Labute approximate surface area is 109 Å². The fraction of sp³-hybridized carbons (Fsp3) is 1.00. The van der Waals surface area contributed by atoms with Crippen molar-refractivity contribution in [3.8, 4) is 0 Å². The topological polar surface area (TPSA) is 12.0 Å². The van der Waals surface area contributed by atoms with E-state index in [-0.39, 0.29) is 5.54 Å². The minimum absolute atomic E-state index is 0.264. The van der Waals surface area contributed by atoms with Crippen LogP contribution in [0.25, 0.3) is 0 Å². The molecule has 0 spiro atoms. The standard InChI is InChI=1S/C16H33N/c1-12-8-13(2)10-14(9-12)17-16(6,7)11-15(3,4)5/h12-14,17H,8-11H2,1-7H3. The second kappa shape index (κ2) is 5.30. The molecule has 0 saturated heterocycles. The maximum absolute atomic E-state index is 3.91. The molecule has 0 aromatic heterocycles. The van der Waals surface area contributed by atoms with Gasteiger partial charge >= 0.3 is 0 Å². The molecule has 2 atom stereocenters. The summed E-state index contributed by atoms with van der Waals surface area (Å²) in [6, 6.07) is 0.728. The molecule has 1 rings (SSSR count). The zero-order chi connectivity index (χ0) is 13.3. The van der Waals surface area contributed by atoms with Gasteiger partial charge in [-0.2, -0.15) is 0 Å². The van der Waals surface area contributed by atoms with E-state index in [9.17, 15) is 0 Å². The van der Waals surface area contributed by atoms with E-state index in [1.165, 1.54) is 25.7 Å². The van der Waals surface area contributed by atoms with Crippen LogP contribution in [0.4, 0.5) is 0 Å². The van der Waals surface area contributed by atoms with Gasteiger partial charge in [0.2, 0.25) is 0 Å². The fourth-order valence-electron chi connectivity index (χ4n) is 3.99. The lowest BCUT2D eigenvalue weighted by Crippen LogP contribution is -2.50. The predicted molar refractivity (Wildman–Crippen MR) is 77.3 cm³/mol. The molecule has 1 nitrogen and oxygen atoms in total. The molecule has 102 valence electrons. The lowest BCUT2D eigenvalue weighted by atomic mass is 9.77. The Hall–Kier alpha value is -0.0400. The van der Waals surface area contributed by atoms with Crippen LogP contribution >= 0.6 is 0 Å². The van der Waals surface area contributed by atoms with Crippen LogP contribution in [0, 0.1) is 17.3 Å². The zero-order valence-electron chi connectivity index (χ0n) is 13.1. The highest BCUT2D eigenvalue weighted by molar-refractivity contribution is 4.89. The van der Waals surface area contributed by atoms with Gasteiger partial charge in [0.05, 0.1) is 0 Å². The normalized spacial score (nSPS) is 31.6. The van der Waals surface area contributed by atoms with Gasteiger partial charge in [-0.1, -0.05) is 34.6 Å². The second-order valence-electron chi connectivity index (χ2n) is 8.38. The Bertz CT molecular complexity index is 226. The van der Waals surface area contributed by atoms with E-state index in [1.807, 2.05) is 0 Å². The van der Waals surface area contributed by atoms with Gasteiger partial charge in [0, 0.05) is 11.6 Å². The first-order chi connectivity index (χ1) is 7.57. The molecule has 1 saturated carbocycles. The summed E-state index contributed by atoms with van der Waals surface area (Å²) in [6.07, 6.45) is 5.37. The summed E-state index contributed by atoms with van der Waals surface area (Å²) >= 11 is 0. The van der Waals surface area contributed by atoms with Crippen molar-refractivity contribution < 1.29 is 0 Å². The van der Waals surface area contributed by atoms with Crippen molar-refractivity contribution in [3.05, 3.63) is 0 Å². The maximum Gasteiger partial charge on any atom is 0.0132 e. The predicted octanol–water partition coefficient (Wildman–Crippen LogP) is 4.62. The maximum atomic E-state index is 3.91. The number of nitrogens with one attached hydrogen (secondary N) is 1. The van der Waals surface area contributed by atoms with E-state index in [2.05, 4.69) is 53.8 Å². The van der Waals surface area contributed by atoms with Gasteiger partial charge in [-0.05, 0) is 56.8 Å². The summed E-state index contributed by atoms with van der Waals surface area (Å²) in [4.78, 5) is 0. The Morgan fingerprint density at radius 2 is 1.35 bits per heavy atom. The van der Waals surface area contributed by atoms with Gasteiger partial charge in [-0.3, -0.25) is 0 Å². The van der Waals surface area contributed by atoms with Crippen LogP contribution in [-0.4, -0.2) is 11.6 Å². The first-order valence-electron chi connectivity index (χ1n) is 7.35. The van der Waals surface area contributed by atoms with Crippen LogP contribution in [0.2, 0.25) is 0 Å². The molecule has 1 aliphatic carbocycles. The zero-order valence-corrected chi connectivity index (χ0v) is 13.1. The van der Waals surface area contributed by atoms with E-state index in [4.69, 9.17) is 0 Å². The Balaban J connectivity index is 2.52. The first kappa shape index (κ1) is 15.0. The molecular weight excluding hydrogens is 206 g/mol.